The number of methoxy groups -OCH3 is 1. The van der Waals surface area contributed by atoms with Gasteiger partial charge < -0.3 is 10.1 Å². The van der Waals surface area contributed by atoms with Crippen LogP contribution in [0, 0.1) is 11.3 Å². The van der Waals surface area contributed by atoms with Crippen LogP contribution in [0.2, 0.25) is 0 Å². The molecule has 118 valence electrons. The summed E-state index contributed by atoms with van der Waals surface area (Å²) in [5.41, 5.74) is 0.414. The molecule has 0 aromatic heterocycles. The van der Waals surface area contributed by atoms with Crippen LogP contribution in [0.3, 0.4) is 0 Å². The smallest absolute Gasteiger partial charge is 0.118 e. The first kappa shape index (κ1) is 16.7. The largest absolute Gasteiger partial charge is 0.497 e. The van der Waals surface area contributed by atoms with E-state index in [0.29, 0.717) is 16.7 Å². The van der Waals surface area contributed by atoms with Gasteiger partial charge in [-0.05, 0) is 61.9 Å². The Bertz CT molecular complexity index is 438. The fourth-order valence-electron chi connectivity index (χ4n) is 3.21. The highest BCUT2D eigenvalue weighted by Crippen LogP contribution is 2.43. The zero-order chi connectivity index (χ0) is 15.5. The molecular weight excluding hydrogens is 278 g/mol. The summed E-state index contributed by atoms with van der Waals surface area (Å²) in [6.07, 6.45) is 3.92. The Morgan fingerprint density at radius 2 is 1.81 bits per heavy atom. The Morgan fingerprint density at radius 3 is 2.33 bits per heavy atom. The van der Waals surface area contributed by atoms with E-state index in [1.807, 2.05) is 11.8 Å². The van der Waals surface area contributed by atoms with Crippen LogP contribution in [-0.4, -0.2) is 25.4 Å². The molecule has 0 aliphatic heterocycles. The van der Waals surface area contributed by atoms with Crippen LogP contribution in [0.25, 0.3) is 0 Å². The second-order valence-corrected chi connectivity index (χ2v) is 8.42. The van der Waals surface area contributed by atoms with Crippen LogP contribution in [0.4, 0.5) is 0 Å². The Morgan fingerprint density at radius 1 is 1.14 bits per heavy atom. The van der Waals surface area contributed by atoms with Gasteiger partial charge in [-0.3, -0.25) is 0 Å². The molecule has 3 atom stereocenters. The lowest BCUT2D eigenvalue weighted by atomic mass is 9.71. The average Bonchev–Trinajstić information content (AvgIpc) is 2.47. The lowest BCUT2D eigenvalue weighted by Gasteiger charge is -2.41. The number of hydrogen-bond donors (Lipinski definition) is 1. The predicted molar refractivity (Wildman–Crippen MR) is 92.3 cm³/mol. The third kappa shape index (κ3) is 4.40. The van der Waals surface area contributed by atoms with Gasteiger partial charge in [0.2, 0.25) is 0 Å². The number of benzene rings is 1. The van der Waals surface area contributed by atoms with Crippen molar-refractivity contribution in [2.75, 3.05) is 14.2 Å². The summed E-state index contributed by atoms with van der Waals surface area (Å²) in [4.78, 5) is 1.34. The van der Waals surface area contributed by atoms with Crippen molar-refractivity contribution in [3.8, 4) is 5.75 Å². The molecule has 2 rings (SSSR count). The third-order valence-corrected chi connectivity index (χ3v) is 6.10. The Hall–Kier alpha value is -0.670. The molecule has 0 radical (unpaired) electrons. The molecule has 21 heavy (non-hydrogen) atoms. The van der Waals surface area contributed by atoms with Gasteiger partial charge in [-0.1, -0.05) is 20.8 Å². The Kier molecular flexibility index (Phi) is 5.61. The molecule has 3 heteroatoms. The molecule has 0 saturated heterocycles. The lowest BCUT2D eigenvalue weighted by Crippen LogP contribution is -2.43. The first-order chi connectivity index (χ1) is 9.94. The van der Waals surface area contributed by atoms with E-state index in [0.717, 1.165) is 11.7 Å². The lowest BCUT2D eigenvalue weighted by molar-refractivity contribution is 0.167. The molecule has 0 bridgehead atoms. The molecule has 1 aromatic carbocycles. The van der Waals surface area contributed by atoms with Crippen molar-refractivity contribution in [2.24, 2.45) is 11.3 Å². The Balaban J connectivity index is 2.06. The van der Waals surface area contributed by atoms with E-state index in [4.69, 9.17) is 4.74 Å². The van der Waals surface area contributed by atoms with E-state index in [2.05, 4.69) is 57.4 Å². The fourth-order valence-corrected chi connectivity index (χ4v) is 4.61. The molecule has 3 unspecified atom stereocenters. The van der Waals surface area contributed by atoms with Crippen LogP contribution < -0.4 is 10.1 Å². The van der Waals surface area contributed by atoms with E-state index in [1.54, 1.807) is 7.11 Å². The highest BCUT2D eigenvalue weighted by atomic mass is 32.2. The van der Waals surface area contributed by atoms with Gasteiger partial charge in [0.1, 0.15) is 5.75 Å². The zero-order valence-corrected chi connectivity index (χ0v) is 14.8. The van der Waals surface area contributed by atoms with Crippen LogP contribution in [-0.2, 0) is 0 Å². The average molecular weight is 308 g/mol. The molecule has 0 spiro atoms. The minimum atomic E-state index is 0.414. The van der Waals surface area contributed by atoms with Gasteiger partial charge in [-0.15, -0.1) is 11.8 Å². The normalized spacial score (nSPS) is 26.6. The maximum Gasteiger partial charge on any atom is 0.118 e. The predicted octanol–water partition coefficient (Wildman–Crippen LogP) is 4.59. The van der Waals surface area contributed by atoms with Crippen LogP contribution in [0.15, 0.2) is 29.2 Å². The van der Waals surface area contributed by atoms with Gasteiger partial charge in [0, 0.05) is 16.2 Å². The fraction of sp³-hybridized carbons (Fsp3) is 0.667. The minimum Gasteiger partial charge on any atom is -0.497 e. The molecule has 1 N–H and O–H groups in total. The molecule has 1 saturated carbocycles. The number of rotatable bonds is 4. The van der Waals surface area contributed by atoms with Crippen molar-refractivity contribution < 1.29 is 4.74 Å². The molecular formula is C18H29NOS. The molecule has 2 nitrogen and oxygen atoms in total. The number of hydrogen-bond acceptors (Lipinski definition) is 3. The first-order valence-corrected chi connectivity index (χ1v) is 8.80. The van der Waals surface area contributed by atoms with Crippen LogP contribution in [0.5, 0.6) is 5.75 Å². The van der Waals surface area contributed by atoms with Crippen molar-refractivity contribution >= 4 is 11.8 Å². The van der Waals surface area contributed by atoms with Gasteiger partial charge >= 0.3 is 0 Å². The van der Waals surface area contributed by atoms with Crippen molar-refractivity contribution in [2.45, 2.75) is 56.2 Å². The van der Waals surface area contributed by atoms with E-state index < -0.39 is 0 Å². The summed E-state index contributed by atoms with van der Waals surface area (Å²) in [5.74, 6) is 1.75. The zero-order valence-electron chi connectivity index (χ0n) is 14.0. The second kappa shape index (κ2) is 7.06. The van der Waals surface area contributed by atoms with Crippen LogP contribution >= 0.6 is 11.8 Å². The van der Waals surface area contributed by atoms with Crippen molar-refractivity contribution in [3.63, 3.8) is 0 Å². The molecule has 1 fully saturated rings. The van der Waals surface area contributed by atoms with Gasteiger partial charge in [0.15, 0.2) is 0 Å². The molecule has 0 amide bonds. The van der Waals surface area contributed by atoms with Gasteiger partial charge in [0.05, 0.1) is 7.11 Å². The Labute approximate surface area is 134 Å². The van der Waals surface area contributed by atoms with E-state index in [9.17, 15) is 0 Å². The van der Waals surface area contributed by atoms with E-state index >= 15 is 0 Å². The van der Waals surface area contributed by atoms with E-state index in [1.165, 1.54) is 24.2 Å². The number of thioether (sulfide) groups is 1. The quantitative estimate of drug-likeness (QED) is 0.879. The summed E-state index contributed by atoms with van der Waals surface area (Å²) in [7, 11) is 3.82. The summed E-state index contributed by atoms with van der Waals surface area (Å²) in [6, 6.07) is 9.09. The highest BCUT2D eigenvalue weighted by molar-refractivity contribution is 8.00. The molecule has 1 aliphatic rings. The molecule has 1 aromatic rings. The minimum absolute atomic E-state index is 0.414. The molecule has 0 heterocycles. The first-order valence-electron chi connectivity index (χ1n) is 7.92. The topological polar surface area (TPSA) is 21.3 Å². The van der Waals surface area contributed by atoms with E-state index in [-0.39, 0.29) is 0 Å². The SMILES string of the molecule is CNC1CCC(C(C)(C)C)CC1Sc1ccc(OC)cc1. The van der Waals surface area contributed by atoms with Gasteiger partial charge in [0.25, 0.3) is 0 Å². The van der Waals surface area contributed by atoms with Gasteiger partial charge in [-0.2, -0.15) is 0 Å². The summed E-state index contributed by atoms with van der Waals surface area (Å²) in [6.45, 7) is 7.14. The highest BCUT2D eigenvalue weighted by Gasteiger charge is 2.35. The maximum atomic E-state index is 5.24. The summed E-state index contributed by atoms with van der Waals surface area (Å²) >= 11 is 2.02. The summed E-state index contributed by atoms with van der Waals surface area (Å²) in [5, 5.41) is 4.18. The van der Waals surface area contributed by atoms with Gasteiger partial charge in [-0.25, -0.2) is 0 Å². The van der Waals surface area contributed by atoms with Crippen molar-refractivity contribution in [1.82, 2.24) is 5.32 Å². The second-order valence-electron chi connectivity index (χ2n) is 7.10. The molecule has 1 aliphatic carbocycles. The third-order valence-electron chi connectivity index (χ3n) is 4.73. The number of ether oxygens (including phenoxy) is 1. The standard InChI is InChI=1S/C18H29NOS/c1-18(2,3)13-6-11-16(19-4)17(12-13)21-15-9-7-14(20-5)8-10-15/h7-10,13,16-17,19H,6,11-12H2,1-5H3. The maximum absolute atomic E-state index is 5.24. The number of nitrogens with one attached hydrogen (secondary N) is 1. The van der Waals surface area contributed by atoms with Crippen molar-refractivity contribution in [1.29, 1.82) is 0 Å². The van der Waals surface area contributed by atoms with Crippen LogP contribution in [0.1, 0.15) is 40.0 Å². The summed E-state index contributed by atoms with van der Waals surface area (Å²) < 4.78 is 5.24. The monoisotopic (exact) mass is 307 g/mol. The van der Waals surface area contributed by atoms with Crippen molar-refractivity contribution in [3.05, 3.63) is 24.3 Å².